The maximum atomic E-state index is 12.2. The van der Waals surface area contributed by atoms with E-state index in [0.29, 0.717) is 13.0 Å². The topological polar surface area (TPSA) is 26.3 Å². The Bertz CT molecular complexity index is 105. The van der Waals surface area contributed by atoms with Gasteiger partial charge in [0.15, 0.2) is 6.36 Å². The summed E-state index contributed by atoms with van der Waals surface area (Å²) in [5, 5.41) is 0. The summed E-state index contributed by atoms with van der Waals surface area (Å²) >= 11 is 0. The van der Waals surface area contributed by atoms with E-state index >= 15 is 0 Å². The molecule has 1 fully saturated rings. The van der Waals surface area contributed by atoms with Gasteiger partial charge in [-0.25, -0.2) is 4.39 Å². The van der Waals surface area contributed by atoms with Gasteiger partial charge in [0.1, 0.15) is 6.29 Å². The molecule has 1 aliphatic rings. The molecule has 0 aromatic carbocycles. The average Bonchev–Trinajstić information content (AvgIpc) is 1.88. The van der Waals surface area contributed by atoms with Crippen molar-refractivity contribution >= 4 is 6.29 Å². The fraction of sp³-hybridized carbons (Fsp3) is 0.833. The lowest BCUT2D eigenvalue weighted by atomic mass is 10.0. The Morgan fingerprint density at radius 1 is 1.67 bits per heavy atom. The number of halogens is 1. The van der Waals surface area contributed by atoms with Crippen LogP contribution < -0.4 is 0 Å². The van der Waals surface area contributed by atoms with Crippen molar-refractivity contribution in [3.05, 3.63) is 0 Å². The number of carbonyl (C=O) groups is 1. The summed E-state index contributed by atoms with van der Waals surface area (Å²) in [5.74, 6) is -0.117. The fourth-order valence-electron chi connectivity index (χ4n) is 0.895. The van der Waals surface area contributed by atoms with Crippen LogP contribution in [-0.4, -0.2) is 19.3 Å². The number of rotatable bonds is 1. The molecule has 52 valence electrons. The Balaban J connectivity index is 2.31. The largest absolute Gasteiger partial charge is 0.348 e. The van der Waals surface area contributed by atoms with Crippen molar-refractivity contribution in [2.45, 2.75) is 19.2 Å². The number of hydrogen-bond acceptors (Lipinski definition) is 2. The Hall–Kier alpha value is -0.440. The standard InChI is InChI=1S/C6H9FO2/c7-6-3-5(4-8)1-2-9-6/h4-6H,1-3H2. The summed E-state index contributed by atoms with van der Waals surface area (Å²) < 4.78 is 16.8. The molecule has 0 spiro atoms. The third kappa shape index (κ3) is 1.75. The fourth-order valence-corrected chi connectivity index (χ4v) is 0.895. The molecule has 0 radical (unpaired) electrons. The van der Waals surface area contributed by atoms with Crippen LogP contribution in [0.1, 0.15) is 12.8 Å². The van der Waals surface area contributed by atoms with E-state index in [0.717, 1.165) is 6.29 Å². The van der Waals surface area contributed by atoms with Crippen LogP contribution in [0.2, 0.25) is 0 Å². The predicted octanol–water partition coefficient (Wildman–Crippen LogP) is 0.907. The Morgan fingerprint density at radius 2 is 2.44 bits per heavy atom. The van der Waals surface area contributed by atoms with Crippen molar-refractivity contribution in [2.75, 3.05) is 6.61 Å². The van der Waals surface area contributed by atoms with Crippen LogP contribution in [0.4, 0.5) is 4.39 Å². The lowest BCUT2D eigenvalue weighted by Crippen LogP contribution is -2.22. The van der Waals surface area contributed by atoms with E-state index in [4.69, 9.17) is 0 Å². The Kier molecular flexibility index (Phi) is 2.16. The van der Waals surface area contributed by atoms with Crippen LogP contribution in [0, 0.1) is 5.92 Å². The smallest absolute Gasteiger partial charge is 0.199 e. The second-order valence-corrected chi connectivity index (χ2v) is 2.20. The third-order valence-corrected chi connectivity index (χ3v) is 1.47. The predicted molar refractivity (Wildman–Crippen MR) is 29.6 cm³/mol. The van der Waals surface area contributed by atoms with E-state index in [-0.39, 0.29) is 12.3 Å². The molecule has 1 rings (SSSR count). The molecule has 3 heteroatoms. The zero-order chi connectivity index (χ0) is 6.69. The summed E-state index contributed by atoms with van der Waals surface area (Å²) in [6.45, 7) is 0.380. The van der Waals surface area contributed by atoms with E-state index < -0.39 is 6.36 Å². The first-order valence-electron chi connectivity index (χ1n) is 3.04. The van der Waals surface area contributed by atoms with Gasteiger partial charge >= 0.3 is 0 Å². The molecule has 0 aliphatic carbocycles. The highest BCUT2D eigenvalue weighted by Gasteiger charge is 2.20. The van der Waals surface area contributed by atoms with Gasteiger partial charge in [-0.1, -0.05) is 0 Å². The van der Waals surface area contributed by atoms with E-state index in [1.54, 1.807) is 0 Å². The molecule has 0 aromatic heterocycles. The van der Waals surface area contributed by atoms with Crippen LogP contribution in [0.5, 0.6) is 0 Å². The number of alkyl halides is 1. The van der Waals surface area contributed by atoms with E-state index in [9.17, 15) is 9.18 Å². The van der Waals surface area contributed by atoms with Gasteiger partial charge in [-0.3, -0.25) is 0 Å². The van der Waals surface area contributed by atoms with Crippen molar-refractivity contribution in [3.63, 3.8) is 0 Å². The van der Waals surface area contributed by atoms with Crippen LogP contribution in [0.25, 0.3) is 0 Å². The number of aldehydes is 1. The molecular formula is C6H9FO2. The molecule has 0 amide bonds. The van der Waals surface area contributed by atoms with Gasteiger partial charge < -0.3 is 9.53 Å². The van der Waals surface area contributed by atoms with Gasteiger partial charge in [-0.15, -0.1) is 0 Å². The first-order valence-corrected chi connectivity index (χ1v) is 3.04. The maximum Gasteiger partial charge on any atom is 0.199 e. The molecular weight excluding hydrogens is 123 g/mol. The van der Waals surface area contributed by atoms with Crippen molar-refractivity contribution in [1.29, 1.82) is 0 Å². The van der Waals surface area contributed by atoms with Gasteiger partial charge in [0.05, 0.1) is 6.61 Å². The summed E-state index contributed by atoms with van der Waals surface area (Å²) in [7, 11) is 0. The number of ether oxygens (including phenoxy) is 1. The normalized spacial score (nSPS) is 36.1. The average molecular weight is 132 g/mol. The number of carbonyl (C=O) groups excluding carboxylic acids is 1. The first-order chi connectivity index (χ1) is 4.33. The SMILES string of the molecule is O=CC1CCOC(F)C1. The van der Waals surface area contributed by atoms with Crippen molar-refractivity contribution in [3.8, 4) is 0 Å². The van der Waals surface area contributed by atoms with Crippen LogP contribution in [0.3, 0.4) is 0 Å². The van der Waals surface area contributed by atoms with Gasteiger partial charge in [0.25, 0.3) is 0 Å². The minimum Gasteiger partial charge on any atom is -0.348 e. The van der Waals surface area contributed by atoms with E-state index in [1.807, 2.05) is 0 Å². The molecule has 0 N–H and O–H groups in total. The van der Waals surface area contributed by atoms with Gasteiger partial charge in [0.2, 0.25) is 0 Å². The van der Waals surface area contributed by atoms with Crippen LogP contribution in [0.15, 0.2) is 0 Å². The van der Waals surface area contributed by atoms with Gasteiger partial charge in [0, 0.05) is 12.3 Å². The quantitative estimate of drug-likeness (QED) is 0.495. The van der Waals surface area contributed by atoms with E-state index in [2.05, 4.69) is 4.74 Å². The summed E-state index contributed by atoms with van der Waals surface area (Å²) in [6, 6.07) is 0. The number of hydrogen-bond donors (Lipinski definition) is 0. The van der Waals surface area contributed by atoms with Crippen molar-refractivity contribution in [2.24, 2.45) is 5.92 Å². The molecule has 1 heterocycles. The molecule has 0 aromatic rings. The zero-order valence-electron chi connectivity index (χ0n) is 5.05. The maximum absolute atomic E-state index is 12.2. The van der Waals surface area contributed by atoms with Gasteiger partial charge in [-0.2, -0.15) is 0 Å². The third-order valence-electron chi connectivity index (χ3n) is 1.47. The molecule has 2 unspecified atom stereocenters. The zero-order valence-corrected chi connectivity index (χ0v) is 5.05. The molecule has 1 saturated heterocycles. The second kappa shape index (κ2) is 2.92. The molecule has 2 atom stereocenters. The minimum atomic E-state index is -1.21. The van der Waals surface area contributed by atoms with Crippen LogP contribution in [-0.2, 0) is 9.53 Å². The van der Waals surface area contributed by atoms with Gasteiger partial charge in [-0.05, 0) is 6.42 Å². The Labute approximate surface area is 53.0 Å². The molecule has 0 bridgehead atoms. The highest BCUT2D eigenvalue weighted by molar-refractivity contribution is 5.53. The summed E-state index contributed by atoms with van der Waals surface area (Å²) in [6.07, 6.45) is 0.497. The molecule has 2 nitrogen and oxygen atoms in total. The van der Waals surface area contributed by atoms with Crippen molar-refractivity contribution < 1.29 is 13.9 Å². The molecule has 9 heavy (non-hydrogen) atoms. The van der Waals surface area contributed by atoms with Crippen LogP contribution >= 0.6 is 0 Å². The lowest BCUT2D eigenvalue weighted by molar-refractivity contribution is -0.123. The molecule has 1 aliphatic heterocycles. The van der Waals surface area contributed by atoms with E-state index in [1.165, 1.54) is 0 Å². The highest BCUT2D eigenvalue weighted by atomic mass is 19.1. The Morgan fingerprint density at radius 3 is 2.89 bits per heavy atom. The second-order valence-electron chi connectivity index (χ2n) is 2.20. The highest BCUT2D eigenvalue weighted by Crippen LogP contribution is 2.18. The summed E-state index contributed by atoms with van der Waals surface area (Å²) in [5.41, 5.74) is 0. The summed E-state index contributed by atoms with van der Waals surface area (Å²) in [4.78, 5) is 10.1. The molecule has 0 saturated carbocycles. The first kappa shape index (κ1) is 6.68. The minimum absolute atomic E-state index is 0.117. The lowest BCUT2D eigenvalue weighted by Gasteiger charge is -2.19. The monoisotopic (exact) mass is 132 g/mol. The van der Waals surface area contributed by atoms with Crippen molar-refractivity contribution in [1.82, 2.24) is 0 Å².